The van der Waals surface area contributed by atoms with Gasteiger partial charge < -0.3 is 10.6 Å². The van der Waals surface area contributed by atoms with Crippen molar-refractivity contribution in [2.24, 2.45) is 5.92 Å². The van der Waals surface area contributed by atoms with Crippen LogP contribution in [-0.2, 0) is 11.3 Å². The molecule has 2 heterocycles. The molecule has 172 valence electrons. The average Bonchev–Trinajstić information content (AvgIpc) is 3.25. The minimum atomic E-state index is -0.589. The van der Waals surface area contributed by atoms with E-state index in [2.05, 4.69) is 46.5 Å². The number of nitrogens with one attached hydrogen (secondary N) is 2. The van der Waals surface area contributed by atoms with E-state index >= 15 is 0 Å². The normalized spacial score (nSPS) is 17.2. The van der Waals surface area contributed by atoms with Gasteiger partial charge in [0.05, 0.1) is 0 Å². The first-order valence-electron chi connectivity index (χ1n) is 11.7. The lowest BCUT2D eigenvalue weighted by Crippen LogP contribution is -2.50. The first-order valence-corrected chi connectivity index (χ1v) is 11.7. The van der Waals surface area contributed by atoms with Gasteiger partial charge in [-0.15, -0.1) is 0 Å². The molecule has 0 bridgehead atoms. The molecule has 2 N–H and O–H groups in total. The number of carbonyl (C=O) groups excluding carboxylic acids is 2. The molecule has 1 aliphatic heterocycles. The lowest BCUT2D eigenvalue weighted by Gasteiger charge is -2.23. The smallest absolute Gasteiger partial charge is 0.270 e. The molecule has 33 heavy (non-hydrogen) atoms. The van der Waals surface area contributed by atoms with Crippen molar-refractivity contribution in [2.45, 2.75) is 45.3 Å². The summed E-state index contributed by atoms with van der Waals surface area (Å²) in [4.78, 5) is 32.7. The van der Waals surface area contributed by atoms with Gasteiger partial charge in [0.1, 0.15) is 11.7 Å². The van der Waals surface area contributed by atoms with E-state index in [-0.39, 0.29) is 23.8 Å². The number of carbonyl (C=O) groups is 2. The first kappa shape index (κ1) is 22.9. The maximum absolute atomic E-state index is 13.1. The van der Waals surface area contributed by atoms with Gasteiger partial charge in [0.2, 0.25) is 5.91 Å². The van der Waals surface area contributed by atoms with Crippen LogP contribution < -0.4 is 10.6 Å². The number of hydrogen-bond acceptors (Lipinski definition) is 4. The van der Waals surface area contributed by atoms with Crippen molar-refractivity contribution in [3.63, 3.8) is 0 Å². The zero-order valence-corrected chi connectivity index (χ0v) is 19.3. The fourth-order valence-corrected chi connectivity index (χ4v) is 4.38. The molecule has 1 fully saturated rings. The van der Waals surface area contributed by atoms with Gasteiger partial charge >= 0.3 is 0 Å². The predicted octanol–water partition coefficient (Wildman–Crippen LogP) is 3.77. The van der Waals surface area contributed by atoms with Crippen molar-refractivity contribution in [1.29, 1.82) is 0 Å². The lowest BCUT2D eigenvalue weighted by molar-refractivity contribution is -0.124. The molecule has 1 saturated heterocycles. The Morgan fingerprint density at radius 1 is 1.06 bits per heavy atom. The predicted molar refractivity (Wildman–Crippen MR) is 131 cm³/mol. The molecule has 2 atom stereocenters. The quantitative estimate of drug-likeness (QED) is 0.555. The summed E-state index contributed by atoms with van der Waals surface area (Å²) in [6, 6.07) is 19.4. The molecule has 6 heteroatoms. The van der Waals surface area contributed by atoms with Gasteiger partial charge in [-0.05, 0) is 35.8 Å². The highest BCUT2D eigenvalue weighted by molar-refractivity contribution is 5.98. The largest absolute Gasteiger partial charge is 0.350 e. The van der Waals surface area contributed by atoms with E-state index in [1.54, 1.807) is 12.3 Å². The highest BCUT2D eigenvalue weighted by Crippen LogP contribution is 2.16. The molecule has 0 aliphatic carbocycles. The van der Waals surface area contributed by atoms with Crippen LogP contribution in [-0.4, -0.2) is 46.9 Å². The number of nitrogens with zero attached hydrogens (tertiary/aromatic N) is 2. The standard InChI is InChI=1S/C27H32N4O2/c1-19(2)14-25(30-26(32)24-15-21-10-6-7-11-22(21)16-28-24)27(33)29-23-12-13-31(18-23)17-20-8-4-3-5-9-20/h3-11,15-16,19,23,25H,12-14,17-18H2,1-2H3,(H,29,33)(H,30,32)/t23-,25+/m1/s1. The molecular formula is C27H32N4O2. The lowest BCUT2D eigenvalue weighted by atomic mass is 10.0. The van der Waals surface area contributed by atoms with Crippen LogP contribution in [0, 0.1) is 5.92 Å². The van der Waals surface area contributed by atoms with Crippen LogP contribution in [0.1, 0.15) is 42.7 Å². The second kappa shape index (κ2) is 10.6. The van der Waals surface area contributed by atoms with E-state index in [0.29, 0.717) is 12.1 Å². The van der Waals surface area contributed by atoms with Crippen LogP contribution in [0.4, 0.5) is 0 Å². The topological polar surface area (TPSA) is 74.3 Å². The van der Waals surface area contributed by atoms with Crippen LogP contribution in [0.25, 0.3) is 10.8 Å². The number of pyridine rings is 1. The van der Waals surface area contributed by atoms with Crippen LogP contribution in [0.2, 0.25) is 0 Å². The van der Waals surface area contributed by atoms with E-state index in [9.17, 15) is 9.59 Å². The van der Waals surface area contributed by atoms with Crippen LogP contribution in [0.15, 0.2) is 66.9 Å². The van der Waals surface area contributed by atoms with Gasteiger partial charge in [0, 0.05) is 37.3 Å². The molecule has 2 amide bonds. The summed E-state index contributed by atoms with van der Waals surface area (Å²) in [6.07, 6.45) is 3.18. The summed E-state index contributed by atoms with van der Waals surface area (Å²) >= 11 is 0. The van der Waals surface area contributed by atoms with Crippen LogP contribution in [0.5, 0.6) is 0 Å². The Labute approximate surface area is 195 Å². The highest BCUT2D eigenvalue weighted by atomic mass is 16.2. The van der Waals surface area contributed by atoms with E-state index < -0.39 is 6.04 Å². The van der Waals surface area contributed by atoms with Crippen molar-refractivity contribution in [2.75, 3.05) is 13.1 Å². The number of rotatable bonds is 8. The molecular weight excluding hydrogens is 412 g/mol. The fourth-order valence-electron chi connectivity index (χ4n) is 4.38. The minimum Gasteiger partial charge on any atom is -0.350 e. The Hall–Kier alpha value is -3.25. The van der Waals surface area contributed by atoms with Crippen molar-refractivity contribution < 1.29 is 9.59 Å². The third-order valence-corrected chi connectivity index (χ3v) is 6.06. The Bertz CT molecular complexity index is 1100. The third kappa shape index (κ3) is 6.17. The summed E-state index contributed by atoms with van der Waals surface area (Å²) < 4.78 is 0. The van der Waals surface area contributed by atoms with Crippen molar-refractivity contribution >= 4 is 22.6 Å². The van der Waals surface area contributed by atoms with Gasteiger partial charge in [0.25, 0.3) is 5.91 Å². The number of aromatic nitrogens is 1. The summed E-state index contributed by atoms with van der Waals surface area (Å²) in [5.41, 5.74) is 1.60. The zero-order valence-electron chi connectivity index (χ0n) is 19.3. The highest BCUT2D eigenvalue weighted by Gasteiger charge is 2.28. The molecule has 4 rings (SSSR count). The van der Waals surface area contributed by atoms with Gasteiger partial charge in [-0.25, -0.2) is 0 Å². The summed E-state index contributed by atoms with van der Waals surface area (Å²) in [7, 11) is 0. The molecule has 1 aliphatic rings. The molecule has 0 radical (unpaired) electrons. The SMILES string of the molecule is CC(C)C[C@H](NC(=O)c1cc2ccccc2cn1)C(=O)N[C@@H]1CCN(Cc2ccccc2)C1. The molecule has 0 spiro atoms. The van der Waals surface area contributed by atoms with Crippen molar-refractivity contribution in [3.8, 4) is 0 Å². The number of fused-ring (bicyclic) bond motifs is 1. The summed E-state index contributed by atoms with van der Waals surface area (Å²) in [5, 5.41) is 8.03. The summed E-state index contributed by atoms with van der Waals surface area (Å²) in [5.74, 6) is -0.174. The number of benzene rings is 2. The maximum atomic E-state index is 13.1. The minimum absolute atomic E-state index is 0.0894. The Morgan fingerprint density at radius 3 is 2.55 bits per heavy atom. The van der Waals surface area contributed by atoms with Crippen LogP contribution >= 0.6 is 0 Å². The Morgan fingerprint density at radius 2 is 1.79 bits per heavy atom. The second-order valence-electron chi connectivity index (χ2n) is 9.29. The van der Waals surface area contributed by atoms with E-state index in [4.69, 9.17) is 0 Å². The molecule has 0 unspecified atom stereocenters. The zero-order chi connectivity index (χ0) is 23.2. The van der Waals surface area contributed by atoms with Gasteiger partial charge in [-0.1, -0.05) is 68.4 Å². The van der Waals surface area contributed by atoms with E-state index in [1.165, 1.54) is 5.56 Å². The second-order valence-corrected chi connectivity index (χ2v) is 9.29. The van der Waals surface area contributed by atoms with Crippen molar-refractivity contribution in [3.05, 3.63) is 78.1 Å². The molecule has 6 nitrogen and oxygen atoms in total. The third-order valence-electron chi connectivity index (χ3n) is 6.06. The maximum Gasteiger partial charge on any atom is 0.270 e. The fraction of sp³-hybridized carbons (Fsp3) is 0.370. The molecule has 1 aromatic heterocycles. The first-order chi connectivity index (χ1) is 16.0. The van der Waals surface area contributed by atoms with E-state index in [0.717, 1.165) is 36.8 Å². The molecule has 3 aromatic rings. The van der Waals surface area contributed by atoms with Crippen LogP contribution in [0.3, 0.4) is 0 Å². The number of likely N-dealkylation sites (tertiary alicyclic amines) is 1. The van der Waals surface area contributed by atoms with Gasteiger partial charge in [-0.2, -0.15) is 0 Å². The summed E-state index contributed by atoms with van der Waals surface area (Å²) in [6.45, 7) is 6.75. The van der Waals surface area contributed by atoms with Crippen molar-refractivity contribution in [1.82, 2.24) is 20.5 Å². The number of hydrogen-bond donors (Lipinski definition) is 2. The molecule has 2 aromatic carbocycles. The monoisotopic (exact) mass is 444 g/mol. The average molecular weight is 445 g/mol. The molecule has 0 saturated carbocycles. The Balaban J connectivity index is 1.37. The Kier molecular flexibility index (Phi) is 7.35. The van der Waals surface area contributed by atoms with Gasteiger partial charge in [-0.3, -0.25) is 19.5 Å². The van der Waals surface area contributed by atoms with E-state index in [1.807, 2.05) is 42.5 Å². The number of amides is 2. The van der Waals surface area contributed by atoms with Gasteiger partial charge in [0.15, 0.2) is 0 Å².